The lowest BCUT2D eigenvalue weighted by Gasteiger charge is -2.20. The van der Waals surface area contributed by atoms with Crippen molar-refractivity contribution in [2.24, 2.45) is 0 Å². The summed E-state index contributed by atoms with van der Waals surface area (Å²) in [5, 5.41) is 5.88. The molecule has 0 radical (unpaired) electrons. The molecule has 1 aliphatic carbocycles. The maximum atomic E-state index is 12.4. The Labute approximate surface area is 159 Å². The fourth-order valence-electron chi connectivity index (χ4n) is 3.48. The maximum absolute atomic E-state index is 12.4. The van der Waals surface area contributed by atoms with Crippen molar-refractivity contribution in [3.05, 3.63) is 47.0 Å². The van der Waals surface area contributed by atoms with E-state index in [9.17, 15) is 4.79 Å². The normalized spacial score (nSPS) is 12.7. The Balaban J connectivity index is 1.68. The molecule has 0 spiro atoms. The summed E-state index contributed by atoms with van der Waals surface area (Å²) in [7, 11) is 4.70. The molecular formula is C21H26N2O4. The third-order valence-corrected chi connectivity index (χ3v) is 4.82. The number of fused-ring (bicyclic) bond motifs is 1. The Bertz CT molecular complexity index is 795. The number of anilines is 1. The monoisotopic (exact) mass is 370 g/mol. The highest BCUT2D eigenvalue weighted by Gasteiger charge is 2.16. The minimum absolute atomic E-state index is 0.234. The van der Waals surface area contributed by atoms with Gasteiger partial charge in [0.1, 0.15) is 0 Å². The molecule has 144 valence electrons. The summed E-state index contributed by atoms with van der Waals surface area (Å²) < 4.78 is 16.0. The van der Waals surface area contributed by atoms with Crippen LogP contribution in [0.1, 0.15) is 29.5 Å². The molecule has 2 N–H and O–H groups in total. The molecule has 27 heavy (non-hydrogen) atoms. The molecule has 0 heterocycles. The fraction of sp³-hybridized carbons (Fsp3) is 0.381. The Morgan fingerprint density at radius 1 is 1.00 bits per heavy atom. The highest BCUT2D eigenvalue weighted by Crippen LogP contribution is 2.38. The Morgan fingerprint density at radius 3 is 2.37 bits per heavy atom. The molecule has 2 amide bonds. The molecule has 1 aliphatic rings. The van der Waals surface area contributed by atoms with Crippen molar-refractivity contribution in [1.29, 1.82) is 0 Å². The van der Waals surface area contributed by atoms with Crippen molar-refractivity contribution in [1.82, 2.24) is 5.32 Å². The van der Waals surface area contributed by atoms with Gasteiger partial charge in [0.25, 0.3) is 0 Å². The first-order chi connectivity index (χ1) is 13.2. The van der Waals surface area contributed by atoms with Crippen LogP contribution in [0.3, 0.4) is 0 Å². The molecule has 0 aromatic heterocycles. The third-order valence-electron chi connectivity index (χ3n) is 4.82. The lowest BCUT2D eigenvalue weighted by atomic mass is 9.90. The van der Waals surface area contributed by atoms with E-state index in [0.717, 1.165) is 24.1 Å². The molecule has 2 aromatic carbocycles. The number of urea groups is 1. The van der Waals surface area contributed by atoms with Gasteiger partial charge in [-0.3, -0.25) is 0 Å². The zero-order valence-corrected chi connectivity index (χ0v) is 16.1. The molecule has 0 saturated carbocycles. The van der Waals surface area contributed by atoms with Crippen LogP contribution >= 0.6 is 0 Å². The molecule has 0 bridgehead atoms. The lowest BCUT2D eigenvalue weighted by Crippen LogP contribution is -2.29. The van der Waals surface area contributed by atoms with Gasteiger partial charge in [-0.2, -0.15) is 0 Å². The zero-order chi connectivity index (χ0) is 19.2. The summed E-state index contributed by atoms with van der Waals surface area (Å²) >= 11 is 0. The average molecular weight is 370 g/mol. The summed E-state index contributed by atoms with van der Waals surface area (Å²) in [5.74, 6) is 1.65. The van der Waals surface area contributed by atoms with Gasteiger partial charge in [-0.05, 0) is 60.6 Å². The van der Waals surface area contributed by atoms with Gasteiger partial charge in [0.05, 0.1) is 21.3 Å². The number of carbonyl (C=O) groups excluding carboxylic acids is 1. The molecule has 0 fully saturated rings. The van der Waals surface area contributed by atoms with Gasteiger partial charge in [0, 0.05) is 12.2 Å². The first kappa shape index (κ1) is 18.9. The second-order valence-corrected chi connectivity index (χ2v) is 6.49. The van der Waals surface area contributed by atoms with E-state index in [1.54, 1.807) is 21.3 Å². The van der Waals surface area contributed by atoms with Crippen LogP contribution in [-0.2, 0) is 19.4 Å². The average Bonchev–Trinajstić information content (AvgIpc) is 2.71. The smallest absolute Gasteiger partial charge is 0.319 e. The maximum Gasteiger partial charge on any atom is 0.319 e. The number of aryl methyl sites for hydroxylation is 1. The molecule has 3 rings (SSSR count). The Kier molecular flexibility index (Phi) is 6.06. The van der Waals surface area contributed by atoms with Crippen molar-refractivity contribution in [3.8, 4) is 17.2 Å². The summed E-state index contributed by atoms with van der Waals surface area (Å²) in [4.78, 5) is 12.4. The standard InChI is InChI=1S/C21H26N2O4/c1-25-18-11-14(12-19(26-2)20(18)27-3)13-22-21(24)23-17-10-6-8-15-7-4-5-9-16(15)17/h6,8,10-12H,4-5,7,9,13H2,1-3H3,(H2,22,23,24). The largest absolute Gasteiger partial charge is 0.493 e. The molecular weight excluding hydrogens is 344 g/mol. The number of nitrogens with one attached hydrogen (secondary N) is 2. The van der Waals surface area contributed by atoms with E-state index in [2.05, 4.69) is 16.7 Å². The number of hydrogen-bond donors (Lipinski definition) is 2. The van der Waals surface area contributed by atoms with Crippen LogP contribution < -0.4 is 24.8 Å². The lowest BCUT2D eigenvalue weighted by molar-refractivity contribution is 0.251. The summed E-state index contributed by atoms with van der Waals surface area (Å²) in [6.07, 6.45) is 4.47. The molecule has 0 saturated heterocycles. The van der Waals surface area contributed by atoms with Crippen LogP contribution in [0.5, 0.6) is 17.2 Å². The second kappa shape index (κ2) is 8.66. The van der Waals surface area contributed by atoms with E-state index < -0.39 is 0 Å². The van der Waals surface area contributed by atoms with E-state index in [4.69, 9.17) is 14.2 Å². The van der Waals surface area contributed by atoms with Crippen LogP contribution in [0.25, 0.3) is 0 Å². The minimum Gasteiger partial charge on any atom is -0.493 e. The van der Waals surface area contributed by atoms with E-state index >= 15 is 0 Å². The van der Waals surface area contributed by atoms with Gasteiger partial charge in [0.2, 0.25) is 5.75 Å². The van der Waals surface area contributed by atoms with Crippen LogP contribution in [0, 0.1) is 0 Å². The van der Waals surface area contributed by atoms with E-state index in [1.807, 2.05) is 24.3 Å². The summed E-state index contributed by atoms with van der Waals surface area (Å²) in [6.45, 7) is 0.345. The topological polar surface area (TPSA) is 68.8 Å². The Hall–Kier alpha value is -2.89. The fourth-order valence-corrected chi connectivity index (χ4v) is 3.48. The SMILES string of the molecule is COc1cc(CNC(=O)Nc2cccc3c2CCCC3)cc(OC)c1OC. The predicted molar refractivity (Wildman–Crippen MR) is 105 cm³/mol. The van der Waals surface area contributed by atoms with Gasteiger partial charge >= 0.3 is 6.03 Å². The van der Waals surface area contributed by atoms with E-state index in [1.165, 1.54) is 24.0 Å². The number of hydrogen-bond acceptors (Lipinski definition) is 4. The highest BCUT2D eigenvalue weighted by atomic mass is 16.5. The molecule has 0 atom stereocenters. The van der Waals surface area contributed by atoms with Crippen molar-refractivity contribution in [2.75, 3.05) is 26.6 Å². The zero-order valence-electron chi connectivity index (χ0n) is 16.1. The van der Waals surface area contributed by atoms with Crippen LogP contribution in [0.4, 0.5) is 10.5 Å². The number of ether oxygens (including phenoxy) is 3. The minimum atomic E-state index is -0.234. The third kappa shape index (κ3) is 4.27. The van der Waals surface area contributed by atoms with Gasteiger partial charge in [0.15, 0.2) is 11.5 Å². The van der Waals surface area contributed by atoms with Gasteiger partial charge in [-0.25, -0.2) is 4.79 Å². The van der Waals surface area contributed by atoms with Gasteiger partial charge in [-0.15, -0.1) is 0 Å². The number of amides is 2. The van der Waals surface area contributed by atoms with Crippen LogP contribution in [-0.4, -0.2) is 27.4 Å². The molecule has 6 heteroatoms. The molecule has 2 aromatic rings. The van der Waals surface area contributed by atoms with Crippen LogP contribution in [0.15, 0.2) is 30.3 Å². The van der Waals surface area contributed by atoms with Crippen molar-refractivity contribution < 1.29 is 19.0 Å². The molecule has 0 aliphatic heterocycles. The number of rotatable bonds is 6. The first-order valence-corrected chi connectivity index (χ1v) is 9.10. The van der Waals surface area contributed by atoms with Crippen molar-refractivity contribution in [3.63, 3.8) is 0 Å². The predicted octanol–water partition coefficient (Wildman–Crippen LogP) is 3.91. The second-order valence-electron chi connectivity index (χ2n) is 6.49. The van der Waals surface area contributed by atoms with Crippen LogP contribution in [0.2, 0.25) is 0 Å². The van der Waals surface area contributed by atoms with E-state index in [0.29, 0.717) is 23.8 Å². The Morgan fingerprint density at radius 2 is 1.70 bits per heavy atom. The van der Waals surface area contributed by atoms with Crippen molar-refractivity contribution in [2.45, 2.75) is 32.2 Å². The highest BCUT2D eigenvalue weighted by molar-refractivity contribution is 5.90. The van der Waals surface area contributed by atoms with Crippen molar-refractivity contribution >= 4 is 11.7 Å². The number of benzene rings is 2. The van der Waals surface area contributed by atoms with Gasteiger partial charge in [-0.1, -0.05) is 12.1 Å². The first-order valence-electron chi connectivity index (χ1n) is 9.10. The molecule has 0 unspecified atom stereocenters. The quantitative estimate of drug-likeness (QED) is 0.809. The number of methoxy groups -OCH3 is 3. The summed E-state index contributed by atoms with van der Waals surface area (Å²) in [6, 6.07) is 9.52. The number of carbonyl (C=O) groups is 1. The van der Waals surface area contributed by atoms with E-state index in [-0.39, 0.29) is 6.03 Å². The van der Waals surface area contributed by atoms with Gasteiger partial charge < -0.3 is 24.8 Å². The summed E-state index contributed by atoms with van der Waals surface area (Å²) in [5.41, 5.74) is 4.35. The molecule has 6 nitrogen and oxygen atoms in total.